The molecule has 104 valence electrons. The number of hydrogen-bond donors (Lipinski definition) is 1. The number of rotatable bonds is 3. The molecule has 19 heavy (non-hydrogen) atoms. The molecule has 1 aliphatic heterocycles. The molecule has 1 unspecified atom stereocenters. The molecule has 0 saturated heterocycles. The molecule has 1 aromatic rings. The van der Waals surface area contributed by atoms with Gasteiger partial charge >= 0.3 is 0 Å². The Kier molecular flexibility index (Phi) is 4.43. The van der Waals surface area contributed by atoms with Gasteiger partial charge in [0.05, 0.1) is 12.8 Å². The van der Waals surface area contributed by atoms with Crippen LogP contribution in [0.25, 0.3) is 0 Å². The Morgan fingerprint density at radius 3 is 2.95 bits per heavy atom. The lowest BCUT2D eigenvalue weighted by atomic mass is 9.91. The van der Waals surface area contributed by atoms with Gasteiger partial charge in [0, 0.05) is 13.5 Å². The molecule has 4 nitrogen and oxygen atoms in total. The topological polar surface area (TPSA) is 55.6 Å². The third-order valence-corrected chi connectivity index (χ3v) is 3.79. The molecule has 0 spiro atoms. The number of nitrogens with two attached hydrogens (primary N) is 1. The minimum absolute atomic E-state index is 0.0687. The number of anilines is 1. The van der Waals surface area contributed by atoms with E-state index in [9.17, 15) is 4.79 Å². The average Bonchev–Trinajstić information content (AvgIpc) is 2.59. The van der Waals surface area contributed by atoms with E-state index < -0.39 is 0 Å². The van der Waals surface area contributed by atoms with Crippen molar-refractivity contribution in [3.05, 3.63) is 23.8 Å². The third kappa shape index (κ3) is 2.73. The van der Waals surface area contributed by atoms with Gasteiger partial charge in [-0.3, -0.25) is 4.79 Å². The summed E-state index contributed by atoms with van der Waals surface area (Å²) in [4.78, 5) is 13.7. The molecule has 0 aromatic heterocycles. The van der Waals surface area contributed by atoms with Crippen molar-refractivity contribution in [2.24, 2.45) is 5.73 Å². The Labute approximate surface area is 114 Å². The lowest BCUT2D eigenvalue weighted by Gasteiger charge is -2.25. The van der Waals surface area contributed by atoms with Crippen LogP contribution in [-0.4, -0.2) is 26.1 Å². The number of benzene rings is 1. The number of para-hydroxylation sites is 1. The van der Waals surface area contributed by atoms with Crippen LogP contribution in [0.3, 0.4) is 0 Å². The van der Waals surface area contributed by atoms with Crippen LogP contribution in [0.4, 0.5) is 5.69 Å². The van der Waals surface area contributed by atoms with E-state index >= 15 is 0 Å². The van der Waals surface area contributed by atoms with Gasteiger partial charge in [0.25, 0.3) is 0 Å². The highest BCUT2D eigenvalue weighted by atomic mass is 16.5. The first-order valence-electron chi connectivity index (χ1n) is 6.84. The normalized spacial score (nSPS) is 18.7. The Hall–Kier alpha value is -1.55. The smallest absolute Gasteiger partial charge is 0.223 e. The van der Waals surface area contributed by atoms with Gasteiger partial charge in [-0.1, -0.05) is 12.1 Å². The van der Waals surface area contributed by atoms with Crippen LogP contribution in [-0.2, 0) is 4.79 Å². The maximum Gasteiger partial charge on any atom is 0.223 e. The van der Waals surface area contributed by atoms with Gasteiger partial charge in [-0.15, -0.1) is 0 Å². The molecule has 1 atom stereocenters. The second-order valence-electron chi connectivity index (χ2n) is 4.99. The van der Waals surface area contributed by atoms with Crippen molar-refractivity contribution in [2.45, 2.75) is 32.1 Å². The Balaban J connectivity index is 2.53. The summed E-state index contributed by atoms with van der Waals surface area (Å²) in [6.07, 6.45) is 3.02. The number of carbonyl (C=O) groups excluding carboxylic acids is 1. The van der Waals surface area contributed by atoms with E-state index in [1.54, 1.807) is 14.0 Å². The summed E-state index contributed by atoms with van der Waals surface area (Å²) in [5.74, 6) is 1.26. The summed E-state index contributed by atoms with van der Waals surface area (Å²) >= 11 is 0. The first-order valence-corrected chi connectivity index (χ1v) is 6.84. The van der Waals surface area contributed by atoms with Gasteiger partial charge in [0.15, 0.2) is 0 Å². The highest BCUT2D eigenvalue weighted by molar-refractivity contribution is 5.94. The fourth-order valence-corrected chi connectivity index (χ4v) is 2.90. The Morgan fingerprint density at radius 2 is 2.32 bits per heavy atom. The standard InChI is InChI=1S/C15H22N2O2/c1-11(18)17-10-4-5-12(8-9-16)13-6-3-7-14(19-2)15(13)17/h3,6-7,12H,4-5,8-10,16H2,1-2H3. The second kappa shape index (κ2) is 6.06. The fraction of sp³-hybridized carbons (Fsp3) is 0.533. The van der Waals surface area contributed by atoms with E-state index in [0.717, 1.165) is 37.2 Å². The SMILES string of the molecule is COc1cccc2c1N(C(C)=O)CCCC2CCN. The fourth-order valence-electron chi connectivity index (χ4n) is 2.90. The van der Waals surface area contributed by atoms with Crippen LogP contribution in [0.1, 0.15) is 37.7 Å². The molecular formula is C15H22N2O2. The van der Waals surface area contributed by atoms with Crippen LogP contribution < -0.4 is 15.4 Å². The minimum Gasteiger partial charge on any atom is -0.495 e. The molecule has 0 radical (unpaired) electrons. The predicted molar refractivity (Wildman–Crippen MR) is 76.7 cm³/mol. The maximum atomic E-state index is 11.9. The van der Waals surface area contributed by atoms with Gasteiger partial charge in [-0.2, -0.15) is 0 Å². The molecular weight excluding hydrogens is 240 g/mol. The molecule has 0 bridgehead atoms. The number of methoxy groups -OCH3 is 1. The maximum absolute atomic E-state index is 11.9. The monoisotopic (exact) mass is 262 g/mol. The lowest BCUT2D eigenvalue weighted by Crippen LogP contribution is -2.29. The molecule has 1 aromatic carbocycles. The zero-order valence-electron chi connectivity index (χ0n) is 11.7. The van der Waals surface area contributed by atoms with Crippen LogP contribution in [0.2, 0.25) is 0 Å². The van der Waals surface area contributed by atoms with Crippen LogP contribution >= 0.6 is 0 Å². The van der Waals surface area contributed by atoms with Gasteiger partial charge in [-0.25, -0.2) is 0 Å². The third-order valence-electron chi connectivity index (χ3n) is 3.79. The van der Waals surface area contributed by atoms with Gasteiger partial charge < -0.3 is 15.4 Å². The lowest BCUT2D eigenvalue weighted by molar-refractivity contribution is -0.116. The van der Waals surface area contributed by atoms with E-state index in [0.29, 0.717) is 12.5 Å². The number of hydrogen-bond acceptors (Lipinski definition) is 3. The van der Waals surface area contributed by atoms with E-state index in [-0.39, 0.29) is 5.91 Å². The van der Waals surface area contributed by atoms with Gasteiger partial charge in [0.1, 0.15) is 5.75 Å². The quantitative estimate of drug-likeness (QED) is 0.909. The highest BCUT2D eigenvalue weighted by Gasteiger charge is 2.27. The summed E-state index contributed by atoms with van der Waals surface area (Å²) in [5.41, 5.74) is 7.85. The molecule has 4 heteroatoms. The number of ether oxygens (including phenoxy) is 1. The largest absolute Gasteiger partial charge is 0.495 e. The summed E-state index contributed by atoms with van der Waals surface area (Å²) in [6.45, 7) is 3.03. The van der Waals surface area contributed by atoms with Crippen LogP contribution in [0.15, 0.2) is 18.2 Å². The number of amides is 1. The predicted octanol–water partition coefficient (Wildman–Crippen LogP) is 2.27. The molecule has 0 fully saturated rings. The van der Waals surface area contributed by atoms with E-state index in [2.05, 4.69) is 6.07 Å². The van der Waals surface area contributed by atoms with E-state index in [1.807, 2.05) is 17.0 Å². The number of fused-ring (bicyclic) bond motifs is 1. The summed E-state index contributed by atoms with van der Waals surface area (Å²) < 4.78 is 5.45. The van der Waals surface area contributed by atoms with Crippen LogP contribution in [0.5, 0.6) is 5.75 Å². The van der Waals surface area contributed by atoms with E-state index in [4.69, 9.17) is 10.5 Å². The minimum atomic E-state index is 0.0687. The van der Waals surface area contributed by atoms with E-state index in [1.165, 1.54) is 5.56 Å². The highest BCUT2D eigenvalue weighted by Crippen LogP contribution is 2.41. The molecule has 2 rings (SSSR count). The zero-order valence-corrected chi connectivity index (χ0v) is 11.7. The molecule has 1 aliphatic rings. The van der Waals surface area contributed by atoms with Gasteiger partial charge in [0.2, 0.25) is 5.91 Å². The second-order valence-corrected chi connectivity index (χ2v) is 4.99. The van der Waals surface area contributed by atoms with Gasteiger partial charge in [-0.05, 0) is 43.4 Å². The Bertz CT molecular complexity index is 459. The first kappa shape index (κ1) is 13.9. The van der Waals surface area contributed by atoms with Crippen molar-refractivity contribution in [3.8, 4) is 5.75 Å². The average molecular weight is 262 g/mol. The van der Waals surface area contributed by atoms with Crippen molar-refractivity contribution >= 4 is 11.6 Å². The number of carbonyl (C=O) groups is 1. The van der Waals surface area contributed by atoms with Crippen LogP contribution in [0, 0.1) is 0 Å². The van der Waals surface area contributed by atoms with Crippen molar-refractivity contribution in [1.82, 2.24) is 0 Å². The Morgan fingerprint density at radius 1 is 1.53 bits per heavy atom. The van der Waals surface area contributed by atoms with Crippen molar-refractivity contribution in [1.29, 1.82) is 0 Å². The van der Waals surface area contributed by atoms with Crippen molar-refractivity contribution < 1.29 is 9.53 Å². The molecule has 0 aliphatic carbocycles. The summed E-state index contributed by atoms with van der Waals surface area (Å²) in [7, 11) is 1.65. The molecule has 2 N–H and O–H groups in total. The molecule has 1 heterocycles. The zero-order chi connectivity index (χ0) is 13.8. The molecule has 1 amide bonds. The van der Waals surface area contributed by atoms with Crippen molar-refractivity contribution in [2.75, 3.05) is 25.1 Å². The first-order chi connectivity index (χ1) is 9.19. The number of nitrogens with zero attached hydrogens (tertiary/aromatic N) is 1. The summed E-state index contributed by atoms with van der Waals surface area (Å²) in [5, 5.41) is 0. The van der Waals surface area contributed by atoms with Crippen molar-refractivity contribution in [3.63, 3.8) is 0 Å². The summed E-state index contributed by atoms with van der Waals surface area (Å²) in [6, 6.07) is 6.00. The molecule has 0 saturated carbocycles.